The van der Waals surface area contributed by atoms with Crippen molar-refractivity contribution in [1.82, 2.24) is 58.2 Å². The van der Waals surface area contributed by atoms with Crippen molar-refractivity contribution < 1.29 is 38.6 Å². The summed E-state index contributed by atoms with van der Waals surface area (Å²) in [5.41, 5.74) is 6.66. The normalized spacial score (nSPS) is 20.6. The van der Waals surface area contributed by atoms with Crippen LogP contribution in [0.25, 0.3) is 11.4 Å². The minimum absolute atomic E-state index is 0.261. The molecule has 0 bridgehead atoms. The lowest BCUT2D eigenvalue weighted by Gasteiger charge is -2.37. The van der Waals surface area contributed by atoms with Crippen LogP contribution in [0, 0.1) is 0 Å². The Morgan fingerprint density at radius 3 is 1.10 bits per heavy atom. The molecule has 26 nitrogen and oxygen atoms in total. The van der Waals surface area contributed by atoms with Crippen LogP contribution in [-0.4, -0.2) is 172 Å². The summed E-state index contributed by atoms with van der Waals surface area (Å²) in [7, 11) is 0. The van der Waals surface area contributed by atoms with Gasteiger partial charge in [-0.15, -0.1) is 0 Å². The SMILES string of the molecule is CC(O)C(C)n1ncn(-c2ccc(N3CCN(c4ccc(OC[C@@H]5CO[C@@](Cn6cncn6)(c6ccc(Cl)cc6Cl)O5)cc4)CC3)cc2)c1=O.CC(O)C(C)n1ncn(-c2ccc(N3CCN(c4ccc(OC[C@H]5CO[C@](Cn6cncn6)(c6ccc(Cl)cc6Cl)O5)cc4)CC3)cc2)c1=O. The third-order valence-corrected chi connectivity index (χ3v) is 19.5. The van der Waals surface area contributed by atoms with E-state index >= 15 is 0 Å². The number of aliphatic hydroxyl groups excluding tert-OH is 2. The highest BCUT2D eigenvalue weighted by atomic mass is 35.5. The molecule has 2 N–H and O–H groups in total. The molecule has 100 heavy (non-hydrogen) atoms. The molecule has 0 amide bonds. The molecular weight excluding hydrogens is 1370 g/mol. The molecule has 524 valence electrons. The fourth-order valence-corrected chi connectivity index (χ4v) is 13.6. The highest BCUT2D eigenvalue weighted by molar-refractivity contribution is 6.35. The molecule has 4 saturated heterocycles. The standard InChI is InChI=1S/2C35H38Cl2N8O5/c2*1-24(25(2)46)45-34(47)44(23-40-45)29-6-4-27(5-7-29)41-13-15-42(16-14-41)28-8-10-30(11-9-28)48-18-31-19-49-35(50-31,20-43-22-38-21-39-43)32-12-3-26(36)17-33(32)37/h2*3-12,17,21-25,31,46H,13-16,18-20H2,1-2H3/t2*24?,25?,31-,35-/m10/s1. The monoisotopic (exact) mass is 1440 g/mol. The predicted octanol–water partition coefficient (Wildman–Crippen LogP) is 9.10. The van der Waals surface area contributed by atoms with Crippen LogP contribution in [0.3, 0.4) is 0 Å². The van der Waals surface area contributed by atoms with Gasteiger partial charge in [0.2, 0.25) is 11.6 Å². The molecule has 14 rings (SSSR count). The van der Waals surface area contributed by atoms with Gasteiger partial charge in [0.25, 0.3) is 0 Å². The van der Waals surface area contributed by atoms with E-state index in [0.717, 1.165) is 98.0 Å². The molecule has 30 heteroatoms. The summed E-state index contributed by atoms with van der Waals surface area (Å²) in [5, 5.41) is 38.5. The minimum Gasteiger partial charge on any atom is -0.491 e. The number of hydrogen-bond acceptors (Lipinski definition) is 20. The molecule has 4 aliphatic heterocycles. The predicted molar refractivity (Wildman–Crippen MR) is 379 cm³/mol. The first kappa shape index (κ1) is 69.7. The van der Waals surface area contributed by atoms with E-state index in [1.807, 2.05) is 84.9 Å². The van der Waals surface area contributed by atoms with Crippen LogP contribution in [0.4, 0.5) is 22.7 Å². The molecule has 4 aromatic heterocycles. The highest BCUT2D eigenvalue weighted by Crippen LogP contribution is 2.43. The van der Waals surface area contributed by atoms with Gasteiger partial charge in [0, 0.05) is 96.3 Å². The molecule has 6 aromatic carbocycles. The summed E-state index contributed by atoms with van der Waals surface area (Å²) in [6.45, 7) is 15.4. The van der Waals surface area contributed by atoms with Gasteiger partial charge in [0.1, 0.15) is 88.0 Å². The average Bonchev–Trinajstić information content (AvgIpc) is 1.59. The van der Waals surface area contributed by atoms with Crippen molar-refractivity contribution in [2.75, 3.05) is 98.4 Å². The van der Waals surface area contributed by atoms with Gasteiger partial charge in [-0.2, -0.15) is 20.4 Å². The summed E-state index contributed by atoms with van der Waals surface area (Å²) >= 11 is 25.5. The van der Waals surface area contributed by atoms with Gasteiger partial charge in [-0.05, 0) is 149 Å². The van der Waals surface area contributed by atoms with Gasteiger partial charge in [0.05, 0.1) is 58.9 Å². The zero-order chi connectivity index (χ0) is 69.7. The molecule has 0 spiro atoms. The second kappa shape index (κ2) is 30.6. The lowest BCUT2D eigenvalue weighted by molar-refractivity contribution is -0.191. The first-order valence-electron chi connectivity index (χ1n) is 32.9. The maximum absolute atomic E-state index is 12.8. The van der Waals surface area contributed by atoms with Crippen molar-refractivity contribution in [3.8, 4) is 22.9 Å². The van der Waals surface area contributed by atoms with Crippen LogP contribution in [-0.2, 0) is 43.6 Å². The number of anilines is 4. The second-order valence-corrected chi connectivity index (χ2v) is 26.7. The molecule has 10 aromatic rings. The van der Waals surface area contributed by atoms with Gasteiger partial charge in [-0.1, -0.05) is 58.5 Å². The molecular formula is C70H76Cl4N16O10. The van der Waals surface area contributed by atoms with Crippen molar-refractivity contribution in [3.63, 3.8) is 0 Å². The van der Waals surface area contributed by atoms with Crippen molar-refractivity contribution >= 4 is 69.2 Å². The molecule has 0 aliphatic carbocycles. The summed E-state index contributed by atoms with van der Waals surface area (Å²) < 4.78 is 46.6. The molecule has 4 unspecified atom stereocenters. The Morgan fingerprint density at radius 2 is 0.790 bits per heavy atom. The third-order valence-electron chi connectivity index (χ3n) is 18.5. The fraction of sp³-hybridized carbons (Fsp3) is 0.371. The highest BCUT2D eigenvalue weighted by Gasteiger charge is 2.47. The molecule has 4 fully saturated rings. The van der Waals surface area contributed by atoms with Crippen LogP contribution in [0.2, 0.25) is 20.1 Å². The number of ether oxygens (including phenoxy) is 6. The van der Waals surface area contributed by atoms with E-state index in [9.17, 15) is 19.8 Å². The van der Waals surface area contributed by atoms with Crippen molar-refractivity contribution in [1.29, 1.82) is 0 Å². The summed E-state index contributed by atoms with van der Waals surface area (Å²) in [5.74, 6) is -0.863. The van der Waals surface area contributed by atoms with Crippen molar-refractivity contribution in [3.05, 3.63) is 224 Å². The van der Waals surface area contributed by atoms with Gasteiger partial charge in [-0.25, -0.2) is 47.4 Å². The van der Waals surface area contributed by atoms with E-state index in [-0.39, 0.29) is 36.7 Å². The summed E-state index contributed by atoms with van der Waals surface area (Å²) in [4.78, 5) is 43.1. The zero-order valence-electron chi connectivity index (χ0n) is 55.4. The molecule has 8 heterocycles. The van der Waals surface area contributed by atoms with Gasteiger partial charge in [-0.3, -0.25) is 0 Å². The first-order valence-corrected chi connectivity index (χ1v) is 34.4. The lowest BCUT2D eigenvalue weighted by Crippen LogP contribution is -2.46. The van der Waals surface area contributed by atoms with Crippen LogP contribution >= 0.6 is 46.4 Å². The number of rotatable bonds is 22. The molecule has 0 saturated carbocycles. The lowest BCUT2D eigenvalue weighted by atomic mass is 10.1. The fourth-order valence-electron chi connectivity index (χ4n) is 12.5. The summed E-state index contributed by atoms with van der Waals surface area (Å²) in [6, 6.07) is 41.6. The maximum atomic E-state index is 12.8. The van der Waals surface area contributed by atoms with Crippen LogP contribution < -0.4 is 40.5 Å². The van der Waals surface area contributed by atoms with E-state index in [1.165, 1.54) is 43.8 Å². The Morgan fingerprint density at radius 1 is 0.460 bits per heavy atom. The second-order valence-electron chi connectivity index (χ2n) is 25.1. The molecule has 8 atom stereocenters. The number of aliphatic hydroxyl groups is 2. The average molecular weight is 1440 g/mol. The van der Waals surface area contributed by atoms with E-state index in [1.54, 1.807) is 74.0 Å². The Balaban J connectivity index is 0.000000179. The number of aromatic nitrogens is 12. The van der Waals surface area contributed by atoms with E-state index in [0.29, 0.717) is 57.6 Å². The number of nitrogens with zero attached hydrogens (tertiary/aromatic N) is 16. The Labute approximate surface area is 596 Å². The van der Waals surface area contributed by atoms with Crippen LogP contribution in [0.1, 0.15) is 50.9 Å². The Bertz CT molecular complexity index is 4170. The Hall–Kier alpha value is -8.80. The molecule has 4 aliphatic rings. The minimum atomic E-state index is -1.17. The van der Waals surface area contributed by atoms with E-state index < -0.39 is 35.9 Å². The largest absolute Gasteiger partial charge is 0.491 e. The zero-order valence-corrected chi connectivity index (χ0v) is 58.4. The summed E-state index contributed by atoms with van der Waals surface area (Å²) in [6.07, 6.45) is 7.06. The number of halogens is 4. The van der Waals surface area contributed by atoms with E-state index in [4.69, 9.17) is 74.8 Å². The number of piperazine rings is 2. The maximum Gasteiger partial charge on any atom is 0.350 e. The van der Waals surface area contributed by atoms with Crippen molar-refractivity contribution in [2.45, 2.75) is 88.9 Å². The third kappa shape index (κ3) is 15.6. The number of hydrogen-bond donors (Lipinski definition) is 2. The first-order chi connectivity index (χ1) is 48.4. The smallest absolute Gasteiger partial charge is 0.350 e. The van der Waals surface area contributed by atoms with Crippen LogP contribution in [0.15, 0.2) is 181 Å². The van der Waals surface area contributed by atoms with Crippen molar-refractivity contribution in [2.24, 2.45) is 0 Å². The van der Waals surface area contributed by atoms with Gasteiger partial charge in [0.15, 0.2) is 0 Å². The van der Waals surface area contributed by atoms with Gasteiger partial charge >= 0.3 is 11.4 Å². The van der Waals surface area contributed by atoms with Crippen LogP contribution in [0.5, 0.6) is 11.5 Å². The topological polar surface area (TPSA) is 250 Å². The number of benzene rings is 6. The van der Waals surface area contributed by atoms with E-state index in [2.05, 4.69) is 74.2 Å². The molecule has 0 radical (unpaired) electrons. The Kier molecular flexibility index (Phi) is 21.3. The quantitative estimate of drug-likeness (QED) is 0.0642. The van der Waals surface area contributed by atoms with Gasteiger partial charge < -0.3 is 58.2 Å².